The highest BCUT2D eigenvalue weighted by Gasteiger charge is 2.26. The summed E-state index contributed by atoms with van der Waals surface area (Å²) in [6.45, 7) is 17.4. The fraction of sp³-hybridized carbons (Fsp3) is 0.929. The Morgan fingerprint density at radius 3 is 1.89 bits per heavy atom. The highest BCUT2D eigenvalue weighted by atomic mass is 16.2. The number of amides is 1. The van der Waals surface area contributed by atoms with Crippen molar-refractivity contribution in [3.8, 4) is 0 Å². The van der Waals surface area contributed by atoms with Gasteiger partial charge in [-0.2, -0.15) is 0 Å². The van der Waals surface area contributed by atoms with Crippen molar-refractivity contribution in [1.29, 1.82) is 0 Å². The van der Waals surface area contributed by atoms with Crippen molar-refractivity contribution in [2.45, 2.75) is 52.6 Å². The molecule has 1 N–H and O–H groups in total. The van der Waals surface area contributed by atoms with Crippen LogP contribution in [-0.2, 0) is 4.79 Å². The highest BCUT2D eigenvalue weighted by Crippen LogP contribution is 2.15. The van der Waals surface area contributed by atoms with Gasteiger partial charge in [0.15, 0.2) is 0 Å². The van der Waals surface area contributed by atoms with E-state index in [1.54, 1.807) is 0 Å². The van der Waals surface area contributed by atoms with Crippen LogP contribution in [0.15, 0.2) is 0 Å². The maximum atomic E-state index is 11.8. The van der Waals surface area contributed by atoms with Crippen LogP contribution in [-0.4, -0.2) is 59.5 Å². The lowest BCUT2D eigenvalue weighted by atomic mass is 10.0. The molecule has 106 valence electrons. The number of piperazine rings is 1. The van der Waals surface area contributed by atoms with Crippen molar-refractivity contribution in [3.63, 3.8) is 0 Å². The van der Waals surface area contributed by atoms with Crippen molar-refractivity contribution in [2.24, 2.45) is 0 Å². The molecule has 0 unspecified atom stereocenters. The van der Waals surface area contributed by atoms with Crippen LogP contribution in [0.5, 0.6) is 0 Å². The predicted molar refractivity (Wildman–Crippen MR) is 75.7 cm³/mol. The Morgan fingerprint density at radius 2 is 1.50 bits per heavy atom. The van der Waals surface area contributed by atoms with Crippen LogP contribution >= 0.6 is 0 Å². The van der Waals surface area contributed by atoms with Gasteiger partial charge in [0.05, 0.1) is 6.54 Å². The van der Waals surface area contributed by atoms with E-state index in [0.717, 1.165) is 26.2 Å². The molecule has 1 amide bonds. The maximum absolute atomic E-state index is 11.8. The fourth-order valence-electron chi connectivity index (χ4n) is 2.24. The quantitative estimate of drug-likeness (QED) is 0.808. The van der Waals surface area contributed by atoms with Gasteiger partial charge in [0.2, 0.25) is 5.91 Å². The van der Waals surface area contributed by atoms with Crippen molar-refractivity contribution >= 4 is 5.91 Å². The summed E-state index contributed by atoms with van der Waals surface area (Å²) in [5, 5.41) is 3.01. The summed E-state index contributed by atoms with van der Waals surface area (Å²) in [4.78, 5) is 16.6. The molecule has 4 heteroatoms. The number of carbonyl (C=O) groups is 1. The normalized spacial score (nSPS) is 19.9. The Morgan fingerprint density at radius 1 is 1.00 bits per heavy atom. The number of hydrogen-bond acceptors (Lipinski definition) is 3. The molecule has 0 aromatic carbocycles. The first-order valence-electron chi connectivity index (χ1n) is 6.86. The van der Waals surface area contributed by atoms with Crippen LogP contribution in [0.3, 0.4) is 0 Å². The number of carbonyl (C=O) groups excluding carboxylic acids is 1. The van der Waals surface area contributed by atoms with Crippen LogP contribution in [0.1, 0.15) is 41.5 Å². The Hall–Kier alpha value is -0.610. The zero-order valence-electron chi connectivity index (χ0n) is 12.8. The molecular formula is C14H29N3O. The largest absolute Gasteiger partial charge is 0.350 e. The van der Waals surface area contributed by atoms with Gasteiger partial charge in [0, 0.05) is 37.3 Å². The van der Waals surface area contributed by atoms with Crippen LogP contribution in [0, 0.1) is 0 Å². The van der Waals surface area contributed by atoms with E-state index in [9.17, 15) is 4.79 Å². The third-order valence-corrected chi connectivity index (χ3v) is 3.20. The van der Waals surface area contributed by atoms with Gasteiger partial charge >= 0.3 is 0 Å². The molecule has 0 saturated carbocycles. The lowest BCUT2D eigenvalue weighted by molar-refractivity contribution is -0.124. The summed E-state index contributed by atoms with van der Waals surface area (Å²) >= 11 is 0. The summed E-state index contributed by atoms with van der Waals surface area (Å²) in [7, 11) is 0. The van der Waals surface area contributed by atoms with Crippen molar-refractivity contribution in [1.82, 2.24) is 15.1 Å². The molecule has 1 aliphatic heterocycles. The lowest BCUT2D eigenvalue weighted by Gasteiger charge is -2.42. The van der Waals surface area contributed by atoms with Crippen molar-refractivity contribution in [3.05, 3.63) is 0 Å². The van der Waals surface area contributed by atoms with E-state index < -0.39 is 0 Å². The maximum Gasteiger partial charge on any atom is 0.234 e. The number of nitrogens with zero attached hydrogens (tertiary/aromatic N) is 2. The first kappa shape index (κ1) is 15.4. The summed E-state index contributed by atoms with van der Waals surface area (Å²) in [5.74, 6) is 0.131. The molecule has 1 saturated heterocycles. The molecule has 0 bridgehead atoms. The summed E-state index contributed by atoms with van der Waals surface area (Å²) in [6.07, 6.45) is 0. The van der Waals surface area contributed by atoms with Crippen LogP contribution in [0.2, 0.25) is 0 Å². The topological polar surface area (TPSA) is 35.6 Å². The van der Waals surface area contributed by atoms with Crippen LogP contribution in [0.25, 0.3) is 0 Å². The van der Waals surface area contributed by atoms with Gasteiger partial charge in [0.25, 0.3) is 0 Å². The molecule has 0 spiro atoms. The molecule has 4 nitrogen and oxygen atoms in total. The smallest absolute Gasteiger partial charge is 0.234 e. The lowest BCUT2D eigenvalue weighted by Crippen LogP contribution is -2.55. The third-order valence-electron chi connectivity index (χ3n) is 3.20. The molecule has 1 aliphatic rings. The summed E-state index contributed by atoms with van der Waals surface area (Å²) < 4.78 is 0. The monoisotopic (exact) mass is 255 g/mol. The van der Waals surface area contributed by atoms with E-state index in [4.69, 9.17) is 0 Å². The average Bonchev–Trinajstić information content (AvgIpc) is 2.13. The second kappa shape index (κ2) is 5.57. The Balaban J connectivity index is 2.34. The molecule has 0 radical (unpaired) electrons. The van der Waals surface area contributed by atoms with Crippen molar-refractivity contribution < 1.29 is 4.79 Å². The van der Waals surface area contributed by atoms with E-state index in [-0.39, 0.29) is 17.0 Å². The van der Waals surface area contributed by atoms with E-state index in [0.29, 0.717) is 6.54 Å². The molecule has 0 aromatic heterocycles. The molecule has 1 fully saturated rings. The molecular weight excluding hydrogens is 226 g/mol. The third kappa shape index (κ3) is 5.36. The minimum atomic E-state index is -0.135. The SMILES string of the molecule is CC(C)(C)NC(=O)CN1CCN(C(C)(C)C)CC1. The first-order chi connectivity index (χ1) is 8.08. The van der Waals surface area contributed by atoms with E-state index >= 15 is 0 Å². The predicted octanol–water partition coefficient (Wildman–Crippen LogP) is 1.32. The highest BCUT2D eigenvalue weighted by molar-refractivity contribution is 5.78. The van der Waals surface area contributed by atoms with Crippen LogP contribution < -0.4 is 5.32 Å². The summed E-state index contributed by atoms with van der Waals surface area (Å²) in [6, 6.07) is 0. The minimum Gasteiger partial charge on any atom is -0.350 e. The second-order valence-corrected chi connectivity index (χ2v) is 7.23. The zero-order chi connectivity index (χ0) is 14.0. The first-order valence-corrected chi connectivity index (χ1v) is 6.86. The van der Waals surface area contributed by atoms with E-state index in [2.05, 4.69) is 35.9 Å². The molecule has 0 aliphatic carbocycles. The van der Waals surface area contributed by atoms with Gasteiger partial charge < -0.3 is 5.32 Å². The van der Waals surface area contributed by atoms with Gasteiger partial charge in [0.1, 0.15) is 0 Å². The Labute approximate surface area is 112 Å². The zero-order valence-corrected chi connectivity index (χ0v) is 12.8. The number of rotatable bonds is 2. The second-order valence-electron chi connectivity index (χ2n) is 7.23. The van der Waals surface area contributed by atoms with Gasteiger partial charge in [-0.25, -0.2) is 0 Å². The molecule has 1 rings (SSSR count). The Bertz CT molecular complexity index is 280. The van der Waals surface area contributed by atoms with Gasteiger partial charge in [-0.15, -0.1) is 0 Å². The molecule has 0 aromatic rings. The number of nitrogens with one attached hydrogen (secondary N) is 1. The van der Waals surface area contributed by atoms with Gasteiger partial charge in [-0.1, -0.05) is 0 Å². The molecule has 0 atom stereocenters. The molecule has 18 heavy (non-hydrogen) atoms. The Kier molecular flexibility index (Phi) is 4.78. The standard InChI is InChI=1S/C14H29N3O/c1-13(2,3)15-12(18)11-16-7-9-17(10-8-16)14(4,5)6/h7-11H2,1-6H3,(H,15,18). The minimum absolute atomic E-state index is 0.131. The van der Waals surface area contributed by atoms with Crippen molar-refractivity contribution in [2.75, 3.05) is 32.7 Å². The summed E-state index contributed by atoms with van der Waals surface area (Å²) in [5.41, 5.74) is 0.101. The van der Waals surface area contributed by atoms with Gasteiger partial charge in [-0.3, -0.25) is 14.6 Å². The van der Waals surface area contributed by atoms with Crippen LogP contribution in [0.4, 0.5) is 0 Å². The van der Waals surface area contributed by atoms with E-state index in [1.807, 2.05) is 20.8 Å². The number of hydrogen-bond donors (Lipinski definition) is 1. The fourth-order valence-corrected chi connectivity index (χ4v) is 2.24. The molecule has 1 heterocycles. The van der Waals surface area contributed by atoms with E-state index in [1.165, 1.54) is 0 Å². The van der Waals surface area contributed by atoms with Gasteiger partial charge in [-0.05, 0) is 41.5 Å². The average molecular weight is 255 g/mol.